The molecule has 0 aliphatic carbocycles. The molecule has 4 rings (SSSR count). The molecule has 1 aromatic heterocycles. The monoisotopic (exact) mass is 496 g/mol. The molecule has 0 radical (unpaired) electrons. The highest BCUT2D eigenvalue weighted by atomic mass is 32.2. The Bertz CT molecular complexity index is 1200. The molecular formula is C25H32N6O3S. The topological polar surface area (TPSA) is 110 Å². The molecule has 2 aliphatic rings. The summed E-state index contributed by atoms with van der Waals surface area (Å²) in [6.45, 7) is 6.00. The average molecular weight is 497 g/mol. The minimum atomic E-state index is -3.57. The zero-order valence-corrected chi connectivity index (χ0v) is 20.9. The minimum Gasteiger partial charge on any atom is -0.354 e. The summed E-state index contributed by atoms with van der Waals surface area (Å²) in [6, 6.07) is 10.7. The summed E-state index contributed by atoms with van der Waals surface area (Å²) in [5.74, 6) is 0.508. The van der Waals surface area contributed by atoms with Crippen molar-refractivity contribution in [2.45, 2.75) is 37.5 Å². The third-order valence-electron chi connectivity index (χ3n) is 6.60. The molecule has 2 aliphatic heterocycles. The number of hydrogen-bond acceptors (Lipinski definition) is 7. The van der Waals surface area contributed by atoms with Gasteiger partial charge in [0.2, 0.25) is 15.9 Å². The summed E-state index contributed by atoms with van der Waals surface area (Å²) in [5, 5.41) is 12.3. The van der Waals surface area contributed by atoms with E-state index in [1.54, 1.807) is 36.5 Å². The number of aromatic nitrogens is 1. The van der Waals surface area contributed by atoms with Gasteiger partial charge in [0.1, 0.15) is 11.9 Å². The first-order valence-electron chi connectivity index (χ1n) is 12.1. The predicted octanol–water partition coefficient (Wildman–Crippen LogP) is 2.59. The number of aryl methyl sites for hydroxylation is 1. The smallest absolute Gasteiger partial charge is 0.243 e. The van der Waals surface area contributed by atoms with Gasteiger partial charge in [-0.05, 0) is 56.0 Å². The van der Waals surface area contributed by atoms with Crippen LogP contribution in [0.2, 0.25) is 0 Å². The molecule has 3 heterocycles. The summed E-state index contributed by atoms with van der Waals surface area (Å²) < 4.78 is 27.7. The molecule has 9 nitrogen and oxygen atoms in total. The Kier molecular flexibility index (Phi) is 8.00. The molecule has 1 aromatic carbocycles. The molecule has 0 bridgehead atoms. The Morgan fingerprint density at radius 2 is 1.86 bits per heavy atom. The van der Waals surface area contributed by atoms with Gasteiger partial charge in [0.05, 0.1) is 17.0 Å². The summed E-state index contributed by atoms with van der Waals surface area (Å²) in [4.78, 5) is 21.6. The van der Waals surface area contributed by atoms with Crippen molar-refractivity contribution in [3.05, 3.63) is 47.7 Å². The molecule has 1 N–H and O–H groups in total. The molecule has 2 aromatic rings. The Hall–Kier alpha value is -3.00. The third kappa shape index (κ3) is 5.99. The number of sulfonamides is 1. The number of nitrogens with one attached hydrogen (secondary N) is 1. The average Bonchev–Trinajstić information content (AvgIpc) is 3.11. The Morgan fingerprint density at radius 3 is 2.63 bits per heavy atom. The van der Waals surface area contributed by atoms with E-state index in [1.807, 2.05) is 6.92 Å². The Labute approximate surface area is 207 Å². The second-order valence-electron chi connectivity index (χ2n) is 9.09. The van der Waals surface area contributed by atoms with Gasteiger partial charge in [-0.2, -0.15) is 9.57 Å². The lowest BCUT2D eigenvalue weighted by molar-refractivity contribution is -0.117. The second kappa shape index (κ2) is 11.2. The quantitative estimate of drug-likeness (QED) is 0.655. The normalized spacial score (nSPS) is 18.0. The molecular weight excluding hydrogens is 464 g/mol. The number of piperidine rings is 1. The number of carbonyl (C=O) groups excluding carboxylic acids is 1. The molecule has 35 heavy (non-hydrogen) atoms. The number of amides is 1. The van der Waals surface area contributed by atoms with Gasteiger partial charge >= 0.3 is 0 Å². The van der Waals surface area contributed by atoms with E-state index in [2.05, 4.69) is 26.2 Å². The van der Waals surface area contributed by atoms with Gasteiger partial charge < -0.3 is 10.2 Å². The fraction of sp³-hybridized carbons (Fsp3) is 0.480. The number of nitriles is 1. The van der Waals surface area contributed by atoms with E-state index in [9.17, 15) is 18.5 Å². The van der Waals surface area contributed by atoms with Crippen LogP contribution in [0.3, 0.4) is 0 Å². The van der Waals surface area contributed by atoms with E-state index in [-0.39, 0.29) is 17.3 Å². The largest absolute Gasteiger partial charge is 0.354 e. The van der Waals surface area contributed by atoms with Crippen molar-refractivity contribution >= 4 is 27.4 Å². The number of carbonyl (C=O) groups is 1. The van der Waals surface area contributed by atoms with Gasteiger partial charge in [0, 0.05) is 51.2 Å². The second-order valence-corrected chi connectivity index (χ2v) is 11.0. The van der Waals surface area contributed by atoms with Crippen molar-refractivity contribution in [1.29, 1.82) is 5.26 Å². The van der Waals surface area contributed by atoms with E-state index in [1.165, 1.54) is 4.31 Å². The maximum Gasteiger partial charge on any atom is 0.243 e. The van der Waals surface area contributed by atoms with Crippen LogP contribution in [0.1, 0.15) is 36.8 Å². The Morgan fingerprint density at radius 1 is 1.06 bits per heavy atom. The summed E-state index contributed by atoms with van der Waals surface area (Å²) >= 11 is 0. The van der Waals surface area contributed by atoms with Crippen LogP contribution in [-0.4, -0.2) is 74.3 Å². The van der Waals surface area contributed by atoms with Crippen LogP contribution in [0.15, 0.2) is 41.4 Å². The van der Waals surface area contributed by atoms with Crippen LogP contribution in [-0.2, 0) is 14.8 Å². The third-order valence-corrected chi connectivity index (χ3v) is 8.49. The van der Waals surface area contributed by atoms with E-state index in [0.717, 1.165) is 44.3 Å². The van der Waals surface area contributed by atoms with Gasteiger partial charge in [-0.15, -0.1) is 0 Å². The van der Waals surface area contributed by atoms with Crippen LogP contribution in [0.4, 0.5) is 11.5 Å². The van der Waals surface area contributed by atoms with Crippen LogP contribution < -0.4 is 10.2 Å². The van der Waals surface area contributed by atoms with E-state index < -0.39 is 10.0 Å². The van der Waals surface area contributed by atoms with Crippen molar-refractivity contribution in [3.8, 4) is 6.07 Å². The van der Waals surface area contributed by atoms with Crippen molar-refractivity contribution in [3.63, 3.8) is 0 Å². The lowest BCUT2D eigenvalue weighted by Crippen LogP contribution is -2.37. The van der Waals surface area contributed by atoms with E-state index >= 15 is 0 Å². The summed E-state index contributed by atoms with van der Waals surface area (Å²) in [6.07, 6.45) is 5.34. The number of hydrogen-bond donors (Lipinski definition) is 1. The highest BCUT2D eigenvalue weighted by molar-refractivity contribution is 7.89. The predicted molar refractivity (Wildman–Crippen MR) is 135 cm³/mol. The number of pyridine rings is 1. The summed E-state index contributed by atoms with van der Waals surface area (Å²) in [5.41, 5.74) is 1.89. The SMILES string of the molecule is Cc1ccc(S(=O)(=O)N2CCCCC2)cc1NC(=O)CN1CCCN(c2ncccc2C#N)CC1. The van der Waals surface area contributed by atoms with Gasteiger partial charge in [-0.3, -0.25) is 9.69 Å². The van der Waals surface area contributed by atoms with Gasteiger partial charge in [0.25, 0.3) is 0 Å². The van der Waals surface area contributed by atoms with E-state index in [0.29, 0.717) is 43.2 Å². The van der Waals surface area contributed by atoms with Crippen molar-refractivity contribution in [2.24, 2.45) is 0 Å². The molecule has 0 spiro atoms. The number of benzene rings is 1. The maximum atomic E-state index is 13.1. The molecule has 0 atom stereocenters. The molecule has 10 heteroatoms. The first-order valence-corrected chi connectivity index (χ1v) is 13.6. The number of rotatable bonds is 6. The molecule has 186 valence electrons. The van der Waals surface area contributed by atoms with Crippen LogP contribution in [0.5, 0.6) is 0 Å². The van der Waals surface area contributed by atoms with E-state index in [4.69, 9.17) is 0 Å². The summed E-state index contributed by atoms with van der Waals surface area (Å²) in [7, 11) is -3.57. The molecule has 2 fully saturated rings. The first-order chi connectivity index (χ1) is 16.9. The van der Waals surface area contributed by atoms with Crippen LogP contribution in [0.25, 0.3) is 0 Å². The lowest BCUT2D eigenvalue weighted by Gasteiger charge is -2.26. The number of anilines is 2. The molecule has 1 amide bonds. The van der Waals surface area contributed by atoms with Crippen molar-refractivity contribution in [1.82, 2.24) is 14.2 Å². The highest BCUT2D eigenvalue weighted by Gasteiger charge is 2.27. The molecule has 0 saturated carbocycles. The fourth-order valence-electron chi connectivity index (χ4n) is 4.62. The molecule has 2 saturated heterocycles. The Balaban J connectivity index is 1.39. The zero-order valence-electron chi connectivity index (χ0n) is 20.1. The van der Waals surface area contributed by atoms with Crippen molar-refractivity contribution in [2.75, 3.05) is 56.0 Å². The number of nitrogens with zero attached hydrogens (tertiary/aromatic N) is 5. The first kappa shape index (κ1) is 25.1. The van der Waals surface area contributed by atoms with Crippen LogP contribution in [0, 0.1) is 18.3 Å². The fourth-order valence-corrected chi connectivity index (χ4v) is 6.16. The maximum absolute atomic E-state index is 13.1. The molecule has 0 unspecified atom stereocenters. The van der Waals surface area contributed by atoms with Gasteiger partial charge in [0.15, 0.2) is 0 Å². The lowest BCUT2D eigenvalue weighted by atomic mass is 10.2. The minimum absolute atomic E-state index is 0.176. The van der Waals surface area contributed by atoms with Crippen molar-refractivity contribution < 1.29 is 13.2 Å². The van der Waals surface area contributed by atoms with Crippen LogP contribution >= 0.6 is 0 Å². The zero-order chi connectivity index (χ0) is 24.8. The standard InChI is InChI=1S/C25H32N6O3S/c1-20-8-9-22(35(33,34)31-13-3-2-4-14-31)17-23(20)28-24(32)19-29-11-6-12-30(16-15-29)25-21(18-26)7-5-10-27-25/h5,7-10,17H,2-4,6,11-16,19H2,1H3,(H,28,32). The van der Waals surface area contributed by atoms with Gasteiger partial charge in [-0.25, -0.2) is 13.4 Å². The highest BCUT2D eigenvalue weighted by Crippen LogP contribution is 2.25. The van der Waals surface area contributed by atoms with Gasteiger partial charge in [-0.1, -0.05) is 12.5 Å².